The Morgan fingerprint density at radius 3 is 2.45 bits per heavy atom. The van der Waals surface area contributed by atoms with Crippen molar-refractivity contribution in [1.29, 1.82) is 0 Å². The van der Waals surface area contributed by atoms with Crippen LogP contribution in [0.15, 0.2) is 60.4 Å². The van der Waals surface area contributed by atoms with Gasteiger partial charge in [-0.15, -0.1) is 0 Å². The fraction of sp³-hybridized carbons (Fsp3) is 0.125. The molecule has 3 aromatic rings. The molecule has 0 radical (unpaired) electrons. The molecule has 0 atom stereocenters. The highest BCUT2D eigenvalue weighted by molar-refractivity contribution is 6.14. The number of hydrogen-bond acceptors (Lipinski definition) is 3. The molecule has 3 nitrogen and oxygen atoms in total. The van der Waals surface area contributed by atoms with Crippen LogP contribution >= 0.6 is 0 Å². The second kappa shape index (κ2) is 7.51. The average molecular weight is 392 g/mol. The van der Waals surface area contributed by atoms with Crippen molar-refractivity contribution in [1.82, 2.24) is 0 Å². The first-order valence-corrected chi connectivity index (χ1v) is 9.14. The van der Waals surface area contributed by atoms with Gasteiger partial charge < -0.3 is 9.47 Å². The molecule has 1 aliphatic rings. The van der Waals surface area contributed by atoms with Crippen LogP contribution in [-0.4, -0.2) is 5.78 Å². The second-order valence-electron chi connectivity index (χ2n) is 6.91. The number of allylic oxidation sites excluding steroid dienone is 1. The molecule has 0 unspecified atom stereocenters. The maximum Gasteiger partial charge on any atom is 0.231 e. The third-order valence-corrected chi connectivity index (χ3v) is 4.81. The van der Waals surface area contributed by atoms with Crippen LogP contribution in [0.1, 0.15) is 32.6 Å². The van der Waals surface area contributed by atoms with E-state index in [9.17, 15) is 13.6 Å². The molecule has 0 bridgehead atoms. The van der Waals surface area contributed by atoms with Gasteiger partial charge in [0.2, 0.25) is 5.78 Å². The smallest absolute Gasteiger partial charge is 0.231 e. The molecule has 0 aromatic heterocycles. The third-order valence-electron chi connectivity index (χ3n) is 4.81. The SMILES string of the molecule is Cc1cccc(/C=C2\Oc3c(ccc(OCc4c(F)cccc4F)c3C)C2=O)c1. The molecular weight excluding hydrogens is 374 g/mol. The quantitative estimate of drug-likeness (QED) is 0.528. The summed E-state index contributed by atoms with van der Waals surface area (Å²) >= 11 is 0. The van der Waals surface area contributed by atoms with E-state index in [1.807, 2.05) is 31.2 Å². The molecule has 146 valence electrons. The molecule has 0 N–H and O–H groups in total. The maximum atomic E-state index is 13.8. The van der Waals surface area contributed by atoms with Crippen molar-refractivity contribution in [2.75, 3.05) is 0 Å². The van der Waals surface area contributed by atoms with Gasteiger partial charge in [0.15, 0.2) is 5.76 Å². The molecule has 1 heterocycles. The van der Waals surface area contributed by atoms with Gasteiger partial charge in [-0.25, -0.2) is 8.78 Å². The Kier molecular flexibility index (Phi) is 4.89. The fourth-order valence-corrected chi connectivity index (χ4v) is 3.26. The highest BCUT2D eigenvalue weighted by atomic mass is 19.1. The summed E-state index contributed by atoms with van der Waals surface area (Å²) in [5, 5.41) is 0. The third kappa shape index (κ3) is 3.63. The van der Waals surface area contributed by atoms with Gasteiger partial charge in [0.05, 0.1) is 11.1 Å². The van der Waals surface area contributed by atoms with E-state index in [1.54, 1.807) is 25.1 Å². The van der Waals surface area contributed by atoms with Gasteiger partial charge in [0.1, 0.15) is 29.7 Å². The van der Waals surface area contributed by atoms with Gasteiger partial charge in [0, 0.05) is 5.56 Å². The topological polar surface area (TPSA) is 35.5 Å². The lowest BCUT2D eigenvalue weighted by Gasteiger charge is -2.12. The number of Topliss-reactive ketones (excluding diaryl/α,β-unsaturated/α-hetero) is 1. The molecular formula is C24H18F2O3. The van der Waals surface area contributed by atoms with Crippen LogP contribution in [0.4, 0.5) is 8.78 Å². The summed E-state index contributed by atoms with van der Waals surface area (Å²) in [4.78, 5) is 12.7. The van der Waals surface area contributed by atoms with Crippen LogP contribution in [0.5, 0.6) is 11.5 Å². The molecule has 5 heteroatoms. The Hall–Kier alpha value is -3.47. The molecule has 0 amide bonds. The summed E-state index contributed by atoms with van der Waals surface area (Å²) in [6, 6.07) is 14.6. The number of benzene rings is 3. The second-order valence-corrected chi connectivity index (χ2v) is 6.91. The van der Waals surface area contributed by atoms with E-state index < -0.39 is 11.6 Å². The van der Waals surface area contributed by atoms with Gasteiger partial charge in [-0.05, 0) is 49.8 Å². The number of aryl methyl sites for hydroxylation is 1. The molecule has 3 aromatic carbocycles. The monoisotopic (exact) mass is 392 g/mol. The minimum Gasteiger partial charge on any atom is -0.488 e. The largest absolute Gasteiger partial charge is 0.488 e. The summed E-state index contributed by atoms with van der Waals surface area (Å²) in [6.07, 6.45) is 1.70. The zero-order valence-electron chi connectivity index (χ0n) is 16.0. The predicted octanol–water partition coefficient (Wildman–Crippen LogP) is 5.78. The summed E-state index contributed by atoms with van der Waals surface area (Å²) in [6.45, 7) is 3.45. The first kappa shape index (κ1) is 18.9. The van der Waals surface area contributed by atoms with Crippen LogP contribution in [0.3, 0.4) is 0 Å². The Labute approximate surface area is 167 Å². The van der Waals surface area contributed by atoms with Gasteiger partial charge in [-0.2, -0.15) is 0 Å². The Morgan fingerprint density at radius 2 is 1.72 bits per heavy atom. The first-order chi connectivity index (χ1) is 13.9. The van der Waals surface area contributed by atoms with E-state index in [4.69, 9.17) is 9.47 Å². The lowest BCUT2D eigenvalue weighted by molar-refractivity contribution is 0.101. The standard InChI is InChI=1S/C24H18F2O3/c1-14-5-3-6-16(11-14)12-22-23(27)17-9-10-21(15(2)24(17)29-22)28-13-18-19(25)7-4-8-20(18)26/h3-12H,13H2,1-2H3/b22-12-. The number of rotatable bonds is 4. The Morgan fingerprint density at radius 1 is 1.00 bits per heavy atom. The number of carbonyl (C=O) groups excluding carboxylic acids is 1. The van der Waals surface area contributed by atoms with Crippen molar-refractivity contribution >= 4 is 11.9 Å². The highest BCUT2D eigenvalue weighted by Crippen LogP contribution is 2.39. The zero-order chi connectivity index (χ0) is 20.5. The first-order valence-electron chi connectivity index (χ1n) is 9.14. The number of halogens is 2. The summed E-state index contributed by atoms with van der Waals surface area (Å²) < 4.78 is 39.1. The van der Waals surface area contributed by atoms with Crippen LogP contribution in [0.25, 0.3) is 6.08 Å². The number of fused-ring (bicyclic) bond motifs is 1. The lowest BCUT2D eigenvalue weighted by atomic mass is 10.1. The number of ether oxygens (including phenoxy) is 2. The summed E-state index contributed by atoms with van der Waals surface area (Å²) in [5.41, 5.74) is 2.83. The van der Waals surface area contributed by atoms with Crippen LogP contribution in [0.2, 0.25) is 0 Å². The van der Waals surface area contributed by atoms with Gasteiger partial charge >= 0.3 is 0 Å². The number of hydrogen-bond donors (Lipinski definition) is 0. The summed E-state index contributed by atoms with van der Waals surface area (Å²) in [7, 11) is 0. The minimum atomic E-state index is -0.668. The van der Waals surface area contributed by atoms with Crippen LogP contribution < -0.4 is 9.47 Å². The van der Waals surface area contributed by atoms with E-state index in [2.05, 4.69) is 0 Å². The number of carbonyl (C=O) groups is 1. The van der Waals surface area contributed by atoms with Crippen LogP contribution in [0, 0.1) is 25.5 Å². The molecule has 1 aliphatic heterocycles. The number of ketones is 1. The van der Waals surface area contributed by atoms with Crippen molar-refractivity contribution < 1.29 is 23.0 Å². The van der Waals surface area contributed by atoms with Crippen molar-refractivity contribution in [2.45, 2.75) is 20.5 Å². The molecule has 0 aliphatic carbocycles. The van der Waals surface area contributed by atoms with E-state index >= 15 is 0 Å². The summed E-state index contributed by atoms with van der Waals surface area (Å²) in [5.74, 6) is -0.518. The van der Waals surface area contributed by atoms with Crippen LogP contribution in [-0.2, 0) is 6.61 Å². The average Bonchev–Trinajstić information content (AvgIpc) is 2.99. The van der Waals surface area contributed by atoms with Gasteiger partial charge in [0.25, 0.3) is 0 Å². The van der Waals surface area contributed by atoms with Crippen molar-refractivity contribution in [3.05, 3.63) is 99.8 Å². The lowest BCUT2D eigenvalue weighted by Crippen LogP contribution is -2.03. The zero-order valence-corrected chi connectivity index (χ0v) is 16.0. The van der Waals surface area contributed by atoms with E-state index in [1.165, 1.54) is 18.2 Å². The molecule has 29 heavy (non-hydrogen) atoms. The highest BCUT2D eigenvalue weighted by Gasteiger charge is 2.30. The minimum absolute atomic E-state index is 0.149. The maximum absolute atomic E-state index is 13.8. The molecule has 0 saturated heterocycles. The van der Waals surface area contributed by atoms with Crippen molar-refractivity contribution in [3.63, 3.8) is 0 Å². The van der Waals surface area contributed by atoms with E-state index in [0.717, 1.165) is 11.1 Å². The van der Waals surface area contributed by atoms with E-state index in [-0.39, 0.29) is 23.7 Å². The van der Waals surface area contributed by atoms with Crippen molar-refractivity contribution in [2.24, 2.45) is 0 Å². The molecule has 4 rings (SSSR count). The molecule has 0 spiro atoms. The van der Waals surface area contributed by atoms with Gasteiger partial charge in [-0.1, -0.05) is 35.9 Å². The molecule has 0 saturated carbocycles. The fourth-order valence-electron chi connectivity index (χ4n) is 3.26. The molecule has 0 fully saturated rings. The van der Waals surface area contributed by atoms with Gasteiger partial charge in [-0.3, -0.25) is 4.79 Å². The Balaban J connectivity index is 1.60. The normalized spacial score (nSPS) is 14.1. The van der Waals surface area contributed by atoms with Crippen molar-refractivity contribution in [3.8, 4) is 11.5 Å². The predicted molar refractivity (Wildman–Crippen MR) is 106 cm³/mol. The van der Waals surface area contributed by atoms with E-state index in [0.29, 0.717) is 22.6 Å². The Bertz CT molecular complexity index is 1130.